The number of hydrogen-bond acceptors (Lipinski definition) is 3. The Morgan fingerprint density at radius 2 is 1.81 bits per heavy atom. The van der Waals surface area contributed by atoms with Gasteiger partial charge in [-0.25, -0.2) is 13.8 Å². The number of hydrogen-bond donors (Lipinski definition) is 1. The fraction of sp³-hybridized carbons (Fsp3) is 0.300. The van der Waals surface area contributed by atoms with E-state index >= 15 is 0 Å². The van der Waals surface area contributed by atoms with E-state index in [4.69, 9.17) is 10.5 Å². The first-order valence-corrected chi connectivity index (χ1v) is 8.56. The molecule has 0 radical (unpaired) electrons. The van der Waals surface area contributed by atoms with Gasteiger partial charge in [-0.05, 0) is 51.0 Å². The molecule has 0 atom stereocenters. The summed E-state index contributed by atoms with van der Waals surface area (Å²) >= 11 is 0. The average molecular weight is 436 g/mol. The summed E-state index contributed by atoms with van der Waals surface area (Å²) in [5.41, 5.74) is 11.9. The van der Waals surface area contributed by atoms with E-state index in [0.29, 0.717) is 11.5 Å². The van der Waals surface area contributed by atoms with Crippen molar-refractivity contribution in [3.63, 3.8) is 0 Å². The Kier molecular flexibility index (Phi) is 6.26. The largest absolute Gasteiger partial charge is 1.00 e. The van der Waals surface area contributed by atoms with Crippen LogP contribution in [0.15, 0.2) is 30.3 Å². The van der Waals surface area contributed by atoms with E-state index in [-0.39, 0.29) is 36.0 Å². The molecule has 0 aliphatic carbocycles. The highest BCUT2D eigenvalue weighted by molar-refractivity contribution is 5.78. The third kappa shape index (κ3) is 3.83. The van der Waals surface area contributed by atoms with E-state index in [1.54, 1.807) is 17.6 Å². The third-order valence-corrected chi connectivity index (χ3v) is 4.43. The van der Waals surface area contributed by atoms with Gasteiger partial charge in [0.25, 0.3) is 0 Å². The number of nitrogens with zero attached hydrogens (tertiary/aromatic N) is 2. The second-order valence-electron chi connectivity index (χ2n) is 6.47. The van der Waals surface area contributed by atoms with Gasteiger partial charge in [-0.15, -0.1) is 0 Å². The standard InChI is InChI=1S/C20H22FN3O2.BrH/c1-5-26-18(25)11-23-17-10-15(21)6-7-16(17)24(20(23)22)19-13(3)8-12(2)9-14(19)4;/h6-10,22H,5,11H2,1-4H3;1H. The summed E-state index contributed by atoms with van der Waals surface area (Å²) in [6.07, 6.45) is 0. The topological polar surface area (TPSA) is 61.1 Å². The molecule has 0 fully saturated rings. The zero-order valence-corrected chi connectivity index (χ0v) is 17.4. The SMILES string of the molecule is CCOC(=O)Cn1c(N)[n+](-c2c(C)cc(C)cc2C)c2ccc(F)cc21.[Br-]. The molecule has 0 spiro atoms. The molecule has 5 nitrogen and oxygen atoms in total. The fourth-order valence-corrected chi connectivity index (χ4v) is 3.53. The predicted molar refractivity (Wildman–Crippen MR) is 98.7 cm³/mol. The van der Waals surface area contributed by atoms with Gasteiger partial charge in [0.05, 0.1) is 6.61 Å². The number of rotatable bonds is 4. The molecule has 0 aliphatic rings. The van der Waals surface area contributed by atoms with Crippen LogP contribution in [0.1, 0.15) is 23.6 Å². The summed E-state index contributed by atoms with van der Waals surface area (Å²) < 4.78 is 22.4. The van der Waals surface area contributed by atoms with Crippen LogP contribution in [-0.4, -0.2) is 17.1 Å². The Hall–Kier alpha value is -2.41. The van der Waals surface area contributed by atoms with Crippen LogP contribution < -0.4 is 27.3 Å². The lowest BCUT2D eigenvalue weighted by Gasteiger charge is -2.10. The van der Waals surface area contributed by atoms with Gasteiger partial charge in [0.2, 0.25) is 0 Å². The van der Waals surface area contributed by atoms with E-state index in [0.717, 1.165) is 27.9 Å². The zero-order chi connectivity index (χ0) is 19.0. The number of aryl methyl sites for hydroxylation is 3. The number of benzene rings is 2. The Bertz CT molecular complexity index is 991. The summed E-state index contributed by atoms with van der Waals surface area (Å²) in [6.45, 7) is 8.02. The first kappa shape index (κ1) is 20.9. The van der Waals surface area contributed by atoms with Crippen LogP contribution in [0, 0.1) is 26.6 Å². The number of nitrogen functional groups attached to an aromatic ring is 1. The molecule has 0 saturated carbocycles. The minimum Gasteiger partial charge on any atom is -1.00 e. The van der Waals surface area contributed by atoms with Crippen LogP contribution in [0.3, 0.4) is 0 Å². The van der Waals surface area contributed by atoms with Crippen LogP contribution in [0.4, 0.5) is 10.3 Å². The Morgan fingerprint density at radius 3 is 2.41 bits per heavy atom. The summed E-state index contributed by atoms with van der Waals surface area (Å²) in [6, 6.07) is 8.62. The summed E-state index contributed by atoms with van der Waals surface area (Å²) in [4.78, 5) is 12.0. The molecule has 0 amide bonds. The molecule has 0 saturated heterocycles. The number of carbonyl (C=O) groups is 1. The van der Waals surface area contributed by atoms with Crippen molar-refractivity contribution >= 4 is 23.0 Å². The van der Waals surface area contributed by atoms with Crippen molar-refractivity contribution in [1.29, 1.82) is 0 Å². The molecule has 2 aromatic carbocycles. The highest BCUT2D eigenvalue weighted by Gasteiger charge is 2.27. The van der Waals surface area contributed by atoms with E-state index in [1.165, 1.54) is 12.1 Å². The van der Waals surface area contributed by atoms with E-state index in [2.05, 4.69) is 12.1 Å². The number of carbonyl (C=O) groups excluding carboxylic acids is 1. The molecule has 1 heterocycles. The minimum atomic E-state index is -0.412. The van der Waals surface area contributed by atoms with Crippen molar-refractivity contribution in [3.05, 3.63) is 52.8 Å². The van der Waals surface area contributed by atoms with Gasteiger partial charge in [0, 0.05) is 6.07 Å². The lowest BCUT2D eigenvalue weighted by Crippen LogP contribution is -3.00. The van der Waals surface area contributed by atoms with Crippen LogP contribution in [0.5, 0.6) is 0 Å². The second-order valence-corrected chi connectivity index (χ2v) is 6.47. The van der Waals surface area contributed by atoms with Crippen LogP contribution in [-0.2, 0) is 16.1 Å². The maximum absolute atomic E-state index is 13.9. The molecule has 3 rings (SSSR count). The number of halogens is 2. The lowest BCUT2D eigenvalue weighted by molar-refractivity contribution is -0.552. The third-order valence-electron chi connectivity index (χ3n) is 4.43. The number of esters is 1. The van der Waals surface area contributed by atoms with Crippen molar-refractivity contribution in [1.82, 2.24) is 4.57 Å². The molecule has 144 valence electrons. The smallest absolute Gasteiger partial charge is 0.361 e. The molecule has 2 N–H and O–H groups in total. The highest BCUT2D eigenvalue weighted by Crippen LogP contribution is 2.24. The Balaban J connectivity index is 0.00000261. The molecule has 3 aromatic rings. The number of ether oxygens (including phenoxy) is 1. The number of anilines is 1. The van der Waals surface area contributed by atoms with Crippen LogP contribution >= 0.6 is 0 Å². The summed E-state index contributed by atoms with van der Waals surface area (Å²) in [5, 5.41) is 0. The highest BCUT2D eigenvalue weighted by atomic mass is 79.9. The van der Waals surface area contributed by atoms with E-state index in [1.807, 2.05) is 25.3 Å². The quantitative estimate of drug-likeness (QED) is 0.468. The minimum absolute atomic E-state index is 0. The maximum Gasteiger partial charge on any atom is 0.361 e. The molecule has 1 aromatic heterocycles. The van der Waals surface area contributed by atoms with Gasteiger partial charge in [-0.1, -0.05) is 17.7 Å². The van der Waals surface area contributed by atoms with Gasteiger partial charge in [-0.3, -0.25) is 5.73 Å². The summed E-state index contributed by atoms with van der Waals surface area (Å²) in [7, 11) is 0. The second kappa shape index (κ2) is 8.08. The number of aromatic nitrogens is 2. The molecule has 0 aliphatic heterocycles. The zero-order valence-electron chi connectivity index (χ0n) is 15.8. The summed E-state index contributed by atoms with van der Waals surface area (Å²) in [5.74, 6) is -0.442. The van der Waals surface area contributed by atoms with E-state index in [9.17, 15) is 9.18 Å². The predicted octanol–water partition coefficient (Wildman–Crippen LogP) is 0.132. The number of nitrogens with two attached hydrogens (primary N) is 1. The van der Waals surface area contributed by atoms with Crippen molar-refractivity contribution < 1.29 is 35.5 Å². The van der Waals surface area contributed by atoms with Gasteiger partial charge in [-0.2, -0.15) is 4.57 Å². The van der Waals surface area contributed by atoms with Gasteiger partial charge >= 0.3 is 11.9 Å². The van der Waals surface area contributed by atoms with Crippen LogP contribution in [0.2, 0.25) is 0 Å². The van der Waals surface area contributed by atoms with Crippen molar-refractivity contribution in [2.45, 2.75) is 34.2 Å². The van der Waals surface area contributed by atoms with Crippen molar-refractivity contribution in [2.24, 2.45) is 0 Å². The van der Waals surface area contributed by atoms with Gasteiger partial charge < -0.3 is 21.7 Å². The first-order valence-electron chi connectivity index (χ1n) is 8.56. The molecular weight excluding hydrogens is 413 g/mol. The lowest BCUT2D eigenvalue weighted by atomic mass is 10.0. The van der Waals surface area contributed by atoms with Gasteiger partial charge in [0.1, 0.15) is 22.5 Å². The molecular formula is C20H23BrFN3O2. The first-order chi connectivity index (χ1) is 12.3. The average Bonchev–Trinajstić information content (AvgIpc) is 2.80. The normalized spacial score (nSPS) is 10.7. The molecule has 0 unspecified atom stereocenters. The Labute approximate surface area is 168 Å². The number of fused-ring (bicyclic) bond motifs is 1. The van der Waals surface area contributed by atoms with Crippen molar-refractivity contribution in [2.75, 3.05) is 12.3 Å². The molecule has 27 heavy (non-hydrogen) atoms. The van der Waals surface area contributed by atoms with Crippen molar-refractivity contribution in [3.8, 4) is 5.69 Å². The molecule has 0 bridgehead atoms. The Morgan fingerprint density at radius 1 is 1.19 bits per heavy atom. The monoisotopic (exact) mass is 435 g/mol. The van der Waals surface area contributed by atoms with Gasteiger partial charge in [0.15, 0.2) is 6.54 Å². The van der Waals surface area contributed by atoms with E-state index < -0.39 is 5.97 Å². The van der Waals surface area contributed by atoms with Crippen LogP contribution in [0.25, 0.3) is 16.7 Å². The molecule has 7 heteroatoms. The fourth-order valence-electron chi connectivity index (χ4n) is 3.53. The number of imidazole rings is 1. The maximum atomic E-state index is 13.9.